The van der Waals surface area contributed by atoms with Crippen LogP contribution >= 0.6 is 23.6 Å². The quantitative estimate of drug-likeness (QED) is 0.512. The Hall–Kier alpha value is -2.29. The number of aromatic nitrogens is 2. The molecule has 0 spiro atoms. The second-order valence-corrected chi connectivity index (χ2v) is 8.39. The molecule has 146 valence electrons. The SMILES string of the molecule is COc1ccc(Nc2nn(CN(Cc3ccc(F)cc3)C3CC3)c(=S)s2)cc1. The smallest absolute Gasteiger partial charge is 0.209 e. The largest absolute Gasteiger partial charge is 0.497 e. The molecule has 8 heteroatoms. The maximum atomic E-state index is 13.2. The Morgan fingerprint density at radius 1 is 1.21 bits per heavy atom. The standard InChI is InChI=1S/C20H21FN4OS2/c1-26-18-10-6-16(7-11-18)22-19-23-25(20(27)28-19)13-24(17-8-9-17)12-14-2-4-15(21)5-3-14/h2-7,10-11,17H,8-9,12-13H2,1H3,(H,22,23). The summed E-state index contributed by atoms with van der Waals surface area (Å²) in [5.74, 6) is 0.599. The summed E-state index contributed by atoms with van der Waals surface area (Å²) in [5.41, 5.74) is 2.02. The lowest BCUT2D eigenvalue weighted by atomic mass is 10.2. The van der Waals surface area contributed by atoms with Crippen LogP contribution in [0.3, 0.4) is 0 Å². The van der Waals surface area contributed by atoms with E-state index in [1.807, 2.05) is 41.1 Å². The molecular weight excluding hydrogens is 395 g/mol. The first-order chi connectivity index (χ1) is 13.6. The van der Waals surface area contributed by atoms with Crippen molar-refractivity contribution >= 4 is 34.4 Å². The number of rotatable bonds is 8. The van der Waals surface area contributed by atoms with Gasteiger partial charge >= 0.3 is 0 Å². The third-order valence-corrected chi connectivity index (χ3v) is 5.85. The molecule has 5 nitrogen and oxygen atoms in total. The summed E-state index contributed by atoms with van der Waals surface area (Å²) in [6, 6.07) is 14.9. The van der Waals surface area contributed by atoms with Crippen LogP contribution in [-0.2, 0) is 13.2 Å². The van der Waals surface area contributed by atoms with Gasteiger partial charge in [-0.15, -0.1) is 5.10 Å². The van der Waals surface area contributed by atoms with Crippen LogP contribution in [0.4, 0.5) is 15.2 Å². The molecule has 0 aliphatic heterocycles. The average Bonchev–Trinajstić information content (AvgIpc) is 3.49. The zero-order valence-electron chi connectivity index (χ0n) is 15.5. The topological polar surface area (TPSA) is 42.3 Å². The summed E-state index contributed by atoms with van der Waals surface area (Å²) in [6.07, 6.45) is 2.35. The van der Waals surface area contributed by atoms with E-state index in [9.17, 15) is 4.39 Å². The van der Waals surface area contributed by atoms with Crippen molar-refractivity contribution in [1.29, 1.82) is 0 Å². The molecule has 1 aliphatic rings. The van der Waals surface area contributed by atoms with Crippen LogP contribution in [-0.4, -0.2) is 27.8 Å². The molecule has 4 rings (SSSR count). The van der Waals surface area contributed by atoms with Crippen LogP contribution in [0.5, 0.6) is 5.75 Å². The summed E-state index contributed by atoms with van der Waals surface area (Å²) < 4.78 is 20.9. The molecule has 0 radical (unpaired) electrons. The fourth-order valence-corrected chi connectivity index (χ4v) is 3.99. The number of hydrogen-bond donors (Lipinski definition) is 1. The molecular formula is C20H21FN4OS2. The first-order valence-corrected chi connectivity index (χ1v) is 10.3. The highest BCUT2D eigenvalue weighted by Gasteiger charge is 2.29. The van der Waals surface area contributed by atoms with Crippen LogP contribution in [0.1, 0.15) is 18.4 Å². The summed E-state index contributed by atoms with van der Waals surface area (Å²) in [4.78, 5) is 2.35. The molecule has 3 aromatic rings. The first kappa shape index (κ1) is 19.0. The minimum absolute atomic E-state index is 0.210. The van der Waals surface area contributed by atoms with Gasteiger partial charge in [0, 0.05) is 18.3 Å². The molecule has 0 saturated heterocycles. The molecule has 1 saturated carbocycles. The molecule has 0 atom stereocenters. The number of benzene rings is 2. The van der Waals surface area contributed by atoms with E-state index in [0.717, 1.165) is 32.6 Å². The molecule has 2 aromatic carbocycles. The second-order valence-electron chi connectivity index (χ2n) is 6.77. The van der Waals surface area contributed by atoms with Crippen molar-refractivity contribution in [2.45, 2.75) is 32.1 Å². The summed E-state index contributed by atoms with van der Waals surface area (Å²) in [7, 11) is 1.65. The van der Waals surface area contributed by atoms with Gasteiger partial charge in [-0.05, 0) is 67.0 Å². The molecule has 1 aliphatic carbocycles. The van der Waals surface area contributed by atoms with Crippen LogP contribution in [0.15, 0.2) is 48.5 Å². The molecule has 1 heterocycles. The molecule has 28 heavy (non-hydrogen) atoms. The first-order valence-electron chi connectivity index (χ1n) is 9.08. The van der Waals surface area contributed by atoms with Crippen LogP contribution in [0.25, 0.3) is 0 Å². The van der Waals surface area contributed by atoms with Gasteiger partial charge in [0.15, 0.2) is 3.95 Å². The lowest BCUT2D eigenvalue weighted by molar-refractivity contribution is 0.187. The predicted molar refractivity (Wildman–Crippen MR) is 112 cm³/mol. The Bertz CT molecular complexity index is 981. The zero-order chi connectivity index (χ0) is 19.5. The Morgan fingerprint density at radius 3 is 2.57 bits per heavy atom. The number of halogens is 1. The number of anilines is 2. The fraction of sp³-hybridized carbons (Fsp3) is 0.300. The second kappa shape index (κ2) is 8.38. The summed E-state index contributed by atoms with van der Waals surface area (Å²) in [6.45, 7) is 1.38. The van der Waals surface area contributed by atoms with Crippen molar-refractivity contribution < 1.29 is 9.13 Å². The van der Waals surface area contributed by atoms with Gasteiger partial charge in [-0.1, -0.05) is 23.5 Å². The Morgan fingerprint density at radius 2 is 1.93 bits per heavy atom. The van der Waals surface area contributed by atoms with Gasteiger partial charge in [0.25, 0.3) is 0 Å². The number of nitrogens with one attached hydrogen (secondary N) is 1. The third-order valence-electron chi connectivity index (χ3n) is 4.63. The van der Waals surface area contributed by atoms with Crippen LogP contribution in [0, 0.1) is 9.77 Å². The lowest BCUT2D eigenvalue weighted by Gasteiger charge is -2.21. The van der Waals surface area contributed by atoms with Gasteiger partial charge < -0.3 is 10.1 Å². The monoisotopic (exact) mass is 416 g/mol. The molecule has 1 N–H and O–H groups in total. The summed E-state index contributed by atoms with van der Waals surface area (Å²) >= 11 is 6.97. The molecule has 0 amide bonds. The van der Waals surface area contributed by atoms with Gasteiger partial charge in [-0.25, -0.2) is 9.07 Å². The van der Waals surface area contributed by atoms with Crippen molar-refractivity contribution in [2.24, 2.45) is 0 Å². The minimum atomic E-state index is -0.210. The van der Waals surface area contributed by atoms with E-state index in [-0.39, 0.29) is 5.82 Å². The Kier molecular flexibility index (Phi) is 5.70. The number of methoxy groups -OCH3 is 1. The zero-order valence-corrected chi connectivity index (χ0v) is 17.1. The highest BCUT2D eigenvalue weighted by molar-refractivity contribution is 7.73. The van der Waals surface area contributed by atoms with Crippen molar-refractivity contribution in [2.75, 3.05) is 12.4 Å². The molecule has 0 unspecified atom stereocenters. The normalized spacial score (nSPS) is 13.7. The van der Waals surface area contributed by atoms with Crippen LogP contribution < -0.4 is 10.1 Å². The highest BCUT2D eigenvalue weighted by atomic mass is 32.1. The van der Waals surface area contributed by atoms with Crippen LogP contribution in [0.2, 0.25) is 0 Å². The maximum Gasteiger partial charge on any atom is 0.209 e. The van der Waals surface area contributed by atoms with Crippen molar-refractivity contribution in [3.63, 3.8) is 0 Å². The van der Waals surface area contributed by atoms with Crippen molar-refractivity contribution in [1.82, 2.24) is 14.7 Å². The number of nitrogens with zero attached hydrogens (tertiary/aromatic N) is 3. The number of ether oxygens (including phenoxy) is 1. The van der Waals surface area contributed by atoms with E-state index < -0.39 is 0 Å². The van der Waals surface area contributed by atoms with Gasteiger partial charge in [-0.2, -0.15) is 0 Å². The van der Waals surface area contributed by atoms with Gasteiger partial charge in [0.05, 0.1) is 13.8 Å². The van der Waals surface area contributed by atoms with Gasteiger partial charge in [-0.3, -0.25) is 4.90 Å². The highest BCUT2D eigenvalue weighted by Crippen LogP contribution is 2.30. The van der Waals surface area contributed by atoms with Crippen molar-refractivity contribution in [3.05, 3.63) is 63.9 Å². The van der Waals surface area contributed by atoms with E-state index in [2.05, 4.69) is 15.3 Å². The van der Waals surface area contributed by atoms with Crippen molar-refractivity contribution in [3.8, 4) is 5.75 Å². The van der Waals surface area contributed by atoms with E-state index in [4.69, 9.17) is 17.0 Å². The minimum Gasteiger partial charge on any atom is -0.497 e. The Labute approximate surface area is 172 Å². The lowest BCUT2D eigenvalue weighted by Crippen LogP contribution is -2.28. The maximum absolute atomic E-state index is 13.2. The summed E-state index contributed by atoms with van der Waals surface area (Å²) in [5, 5.41) is 8.69. The molecule has 1 fully saturated rings. The molecule has 0 bridgehead atoms. The van der Waals surface area contributed by atoms with E-state index in [0.29, 0.717) is 12.7 Å². The Balaban J connectivity index is 1.45. The van der Waals surface area contributed by atoms with E-state index >= 15 is 0 Å². The third kappa shape index (κ3) is 4.76. The van der Waals surface area contributed by atoms with Gasteiger partial charge in [0.1, 0.15) is 11.6 Å². The number of hydrogen-bond acceptors (Lipinski definition) is 6. The average molecular weight is 417 g/mol. The van der Waals surface area contributed by atoms with Gasteiger partial charge in [0.2, 0.25) is 5.13 Å². The fourth-order valence-electron chi connectivity index (χ4n) is 2.97. The molecule has 1 aromatic heterocycles. The predicted octanol–water partition coefficient (Wildman–Crippen LogP) is 5.19. The van der Waals surface area contributed by atoms with E-state index in [1.54, 1.807) is 7.11 Å². The van der Waals surface area contributed by atoms with E-state index in [1.165, 1.54) is 36.3 Å².